The van der Waals surface area contributed by atoms with Crippen molar-refractivity contribution in [1.82, 2.24) is 5.32 Å². The molecular weight excluding hydrogens is 298 g/mol. The molecule has 2 unspecified atom stereocenters. The fourth-order valence-corrected chi connectivity index (χ4v) is 2.65. The van der Waals surface area contributed by atoms with Crippen molar-refractivity contribution >= 4 is 5.97 Å². The maximum absolute atomic E-state index is 12.3. The maximum Gasteiger partial charge on any atom is 0.308 e. The van der Waals surface area contributed by atoms with Gasteiger partial charge in [0.05, 0.1) is 6.42 Å². The lowest BCUT2D eigenvalue weighted by Crippen LogP contribution is -2.30. The molecule has 3 heteroatoms. The van der Waals surface area contributed by atoms with Gasteiger partial charge in [-0.15, -0.1) is 0 Å². The molecule has 24 heavy (non-hydrogen) atoms. The summed E-state index contributed by atoms with van der Waals surface area (Å²) in [7, 11) is 0. The minimum Gasteiger partial charge on any atom is -0.460 e. The average Bonchev–Trinajstić information content (AvgIpc) is 2.54. The molecule has 0 fully saturated rings. The third-order valence-corrected chi connectivity index (χ3v) is 3.74. The van der Waals surface area contributed by atoms with Gasteiger partial charge in [0.25, 0.3) is 0 Å². The zero-order chi connectivity index (χ0) is 17.6. The fourth-order valence-electron chi connectivity index (χ4n) is 2.65. The molecule has 0 saturated carbocycles. The minimum absolute atomic E-state index is 0.0868. The first-order valence-corrected chi connectivity index (χ1v) is 8.43. The second kappa shape index (κ2) is 8.11. The summed E-state index contributed by atoms with van der Waals surface area (Å²) in [6.45, 7) is 7.79. The van der Waals surface area contributed by atoms with E-state index in [2.05, 4.69) is 24.4 Å². The lowest BCUT2D eigenvalue weighted by molar-refractivity contribution is -0.155. The van der Waals surface area contributed by atoms with Crippen LogP contribution in [-0.4, -0.2) is 11.6 Å². The normalized spacial score (nSPS) is 14.0. The van der Waals surface area contributed by atoms with Crippen LogP contribution in [0.4, 0.5) is 0 Å². The molecule has 0 amide bonds. The summed E-state index contributed by atoms with van der Waals surface area (Å²) >= 11 is 0. The molecule has 0 aliphatic heterocycles. The zero-order valence-electron chi connectivity index (χ0n) is 15.0. The Morgan fingerprint density at radius 3 is 1.96 bits per heavy atom. The number of hydrogen-bond donors (Lipinski definition) is 1. The third-order valence-electron chi connectivity index (χ3n) is 3.74. The Balaban J connectivity index is 2.13. The summed E-state index contributed by atoms with van der Waals surface area (Å²) in [5.41, 5.74) is 1.82. The van der Waals surface area contributed by atoms with Crippen LogP contribution in [0.15, 0.2) is 60.7 Å². The molecule has 0 heterocycles. The van der Waals surface area contributed by atoms with Crippen molar-refractivity contribution in [3.8, 4) is 0 Å². The molecular formula is C21H27NO2. The lowest BCUT2D eigenvalue weighted by atomic mass is 10.0. The first-order valence-electron chi connectivity index (χ1n) is 8.43. The fraction of sp³-hybridized carbons (Fsp3) is 0.381. The van der Waals surface area contributed by atoms with Crippen LogP contribution < -0.4 is 5.32 Å². The van der Waals surface area contributed by atoms with E-state index in [1.807, 2.05) is 69.3 Å². The highest BCUT2D eigenvalue weighted by molar-refractivity contribution is 5.71. The van der Waals surface area contributed by atoms with Crippen molar-refractivity contribution in [3.05, 3.63) is 71.8 Å². The third kappa shape index (κ3) is 5.82. The van der Waals surface area contributed by atoms with Gasteiger partial charge in [0, 0.05) is 12.1 Å². The first-order chi connectivity index (χ1) is 11.3. The Labute approximate surface area is 145 Å². The van der Waals surface area contributed by atoms with Gasteiger partial charge in [0.15, 0.2) is 0 Å². The number of benzene rings is 2. The first kappa shape index (κ1) is 18.2. The van der Waals surface area contributed by atoms with Crippen molar-refractivity contribution in [2.75, 3.05) is 0 Å². The van der Waals surface area contributed by atoms with Gasteiger partial charge in [-0.2, -0.15) is 0 Å². The number of rotatable bonds is 6. The van der Waals surface area contributed by atoms with E-state index in [1.54, 1.807) is 0 Å². The summed E-state index contributed by atoms with van der Waals surface area (Å²) < 4.78 is 5.50. The molecule has 0 radical (unpaired) electrons. The Hall–Kier alpha value is -2.13. The quantitative estimate of drug-likeness (QED) is 0.775. The molecule has 0 aliphatic rings. The largest absolute Gasteiger partial charge is 0.460 e. The van der Waals surface area contributed by atoms with Crippen LogP contribution in [0.1, 0.15) is 57.3 Å². The molecule has 2 atom stereocenters. The van der Waals surface area contributed by atoms with Crippen molar-refractivity contribution in [2.24, 2.45) is 0 Å². The highest BCUT2D eigenvalue weighted by Crippen LogP contribution is 2.23. The highest BCUT2D eigenvalue weighted by atomic mass is 16.6. The van der Waals surface area contributed by atoms with E-state index >= 15 is 0 Å². The summed E-state index contributed by atoms with van der Waals surface area (Å²) in [5.74, 6) is -0.191. The van der Waals surface area contributed by atoms with E-state index in [9.17, 15) is 4.79 Å². The van der Waals surface area contributed by atoms with Crippen molar-refractivity contribution in [3.63, 3.8) is 0 Å². The number of nitrogens with one attached hydrogen (secondary N) is 1. The van der Waals surface area contributed by atoms with Crippen LogP contribution in [0.25, 0.3) is 0 Å². The molecule has 0 aliphatic carbocycles. The van der Waals surface area contributed by atoms with Crippen LogP contribution in [0.2, 0.25) is 0 Å². The van der Waals surface area contributed by atoms with Gasteiger partial charge < -0.3 is 10.1 Å². The Morgan fingerprint density at radius 1 is 0.958 bits per heavy atom. The average molecular weight is 325 g/mol. The lowest BCUT2D eigenvalue weighted by Gasteiger charge is -2.26. The van der Waals surface area contributed by atoms with Gasteiger partial charge in [-0.25, -0.2) is 0 Å². The number of hydrogen-bond acceptors (Lipinski definition) is 3. The highest BCUT2D eigenvalue weighted by Gasteiger charge is 2.23. The van der Waals surface area contributed by atoms with Gasteiger partial charge in [-0.3, -0.25) is 4.79 Å². The number of ether oxygens (including phenoxy) is 1. The topological polar surface area (TPSA) is 38.3 Å². The number of carbonyl (C=O) groups excluding carboxylic acids is 1. The Kier molecular flexibility index (Phi) is 6.16. The van der Waals surface area contributed by atoms with E-state index < -0.39 is 5.60 Å². The van der Waals surface area contributed by atoms with E-state index in [-0.39, 0.29) is 18.1 Å². The van der Waals surface area contributed by atoms with E-state index in [0.717, 1.165) is 5.56 Å². The van der Waals surface area contributed by atoms with Gasteiger partial charge in [0.1, 0.15) is 5.60 Å². The standard InChI is InChI=1S/C21H27NO2/c1-16(17-11-7-5-8-12-17)22-19(18-13-9-6-10-14-18)15-20(23)24-21(2,3)4/h5-14,16,19,22H,15H2,1-4H3. The SMILES string of the molecule is CC(NC(CC(=O)OC(C)(C)C)c1ccccc1)c1ccccc1. The Morgan fingerprint density at radius 2 is 1.46 bits per heavy atom. The summed E-state index contributed by atoms with van der Waals surface area (Å²) in [5, 5.41) is 3.57. The van der Waals surface area contributed by atoms with Crippen LogP contribution >= 0.6 is 0 Å². The predicted octanol–water partition coefficient (Wildman–Crippen LogP) is 4.81. The summed E-state index contributed by atoms with van der Waals surface area (Å²) in [6, 6.07) is 20.3. The molecule has 128 valence electrons. The summed E-state index contributed by atoms with van der Waals surface area (Å²) in [6.07, 6.45) is 0.304. The van der Waals surface area contributed by atoms with Crippen LogP contribution in [0.3, 0.4) is 0 Å². The van der Waals surface area contributed by atoms with E-state index in [0.29, 0.717) is 6.42 Å². The molecule has 0 aromatic heterocycles. The predicted molar refractivity (Wildman–Crippen MR) is 97.6 cm³/mol. The molecule has 0 saturated heterocycles. The van der Waals surface area contributed by atoms with E-state index in [1.165, 1.54) is 5.56 Å². The second-order valence-electron chi connectivity index (χ2n) is 7.05. The Bertz CT molecular complexity index is 632. The van der Waals surface area contributed by atoms with Crippen LogP contribution in [0, 0.1) is 0 Å². The second-order valence-corrected chi connectivity index (χ2v) is 7.05. The van der Waals surface area contributed by atoms with Gasteiger partial charge in [-0.1, -0.05) is 60.7 Å². The smallest absolute Gasteiger partial charge is 0.308 e. The number of esters is 1. The molecule has 0 spiro atoms. The molecule has 2 rings (SSSR count). The van der Waals surface area contributed by atoms with Crippen LogP contribution in [-0.2, 0) is 9.53 Å². The summed E-state index contributed by atoms with van der Waals surface area (Å²) in [4.78, 5) is 12.3. The monoisotopic (exact) mass is 325 g/mol. The molecule has 2 aromatic rings. The van der Waals surface area contributed by atoms with Gasteiger partial charge in [0.2, 0.25) is 0 Å². The van der Waals surface area contributed by atoms with Crippen molar-refractivity contribution in [2.45, 2.75) is 51.8 Å². The van der Waals surface area contributed by atoms with Crippen LogP contribution in [0.5, 0.6) is 0 Å². The maximum atomic E-state index is 12.3. The molecule has 2 aromatic carbocycles. The van der Waals surface area contributed by atoms with Gasteiger partial charge >= 0.3 is 5.97 Å². The minimum atomic E-state index is -0.469. The molecule has 3 nitrogen and oxygen atoms in total. The van der Waals surface area contributed by atoms with Gasteiger partial charge in [-0.05, 0) is 38.8 Å². The van der Waals surface area contributed by atoms with E-state index in [4.69, 9.17) is 4.74 Å². The van der Waals surface area contributed by atoms with Crippen molar-refractivity contribution < 1.29 is 9.53 Å². The molecule has 1 N–H and O–H groups in total. The van der Waals surface area contributed by atoms with Crippen molar-refractivity contribution in [1.29, 1.82) is 0 Å². The molecule has 0 bridgehead atoms. The zero-order valence-corrected chi connectivity index (χ0v) is 15.0. The number of carbonyl (C=O) groups is 1.